The Balaban J connectivity index is 1.69. The van der Waals surface area contributed by atoms with Crippen molar-refractivity contribution in [3.05, 3.63) is 64.9 Å². The van der Waals surface area contributed by atoms with E-state index < -0.39 is 29.7 Å². The van der Waals surface area contributed by atoms with Crippen molar-refractivity contribution in [3.8, 4) is 11.5 Å². The highest BCUT2D eigenvalue weighted by Crippen LogP contribution is 2.38. The van der Waals surface area contributed by atoms with Crippen molar-refractivity contribution in [1.82, 2.24) is 10.6 Å². The van der Waals surface area contributed by atoms with E-state index >= 15 is 0 Å². The summed E-state index contributed by atoms with van der Waals surface area (Å²) in [5.41, 5.74) is -0.530. The van der Waals surface area contributed by atoms with Crippen molar-refractivity contribution in [2.24, 2.45) is 0 Å². The fourth-order valence-corrected chi connectivity index (χ4v) is 3.37. The van der Waals surface area contributed by atoms with Crippen molar-refractivity contribution >= 4 is 17.6 Å². The molecule has 0 radical (unpaired) electrons. The van der Waals surface area contributed by atoms with Gasteiger partial charge in [0.25, 0.3) is 5.91 Å². The number of carbonyl (C=O) groups excluding carboxylic acids is 2. The van der Waals surface area contributed by atoms with E-state index in [9.17, 15) is 22.8 Å². The Hall–Kier alpha value is -3.69. The van der Waals surface area contributed by atoms with Crippen LogP contribution in [0.15, 0.2) is 53.7 Å². The number of halogens is 3. The molecule has 0 aliphatic carbocycles. The van der Waals surface area contributed by atoms with E-state index in [0.717, 1.165) is 6.07 Å². The average Bonchev–Trinajstić information content (AvgIpc) is 3.14. The highest BCUT2D eigenvalue weighted by Gasteiger charge is 2.36. The molecule has 2 heterocycles. The number of allylic oxidation sites excluding steroid dienone is 1. The van der Waals surface area contributed by atoms with Crippen molar-refractivity contribution in [2.75, 3.05) is 12.1 Å². The summed E-state index contributed by atoms with van der Waals surface area (Å²) in [6, 6.07) is 8.14. The van der Waals surface area contributed by atoms with Gasteiger partial charge in [-0.25, -0.2) is 4.79 Å². The molecule has 0 spiro atoms. The number of rotatable bonds is 3. The number of anilines is 1. The number of alkyl halides is 3. The van der Waals surface area contributed by atoms with E-state index in [1.165, 1.54) is 25.1 Å². The van der Waals surface area contributed by atoms with E-state index in [0.29, 0.717) is 17.1 Å². The molecule has 10 heteroatoms. The number of ether oxygens (including phenoxy) is 2. The molecule has 0 aromatic heterocycles. The first-order valence-electron chi connectivity index (χ1n) is 8.89. The van der Waals surface area contributed by atoms with Gasteiger partial charge < -0.3 is 25.4 Å². The second kappa shape index (κ2) is 7.29. The third kappa shape index (κ3) is 3.63. The van der Waals surface area contributed by atoms with Crippen LogP contribution < -0.4 is 25.4 Å². The summed E-state index contributed by atoms with van der Waals surface area (Å²) in [5.74, 6) is 0.185. The molecule has 3 amide bonds. The Kier molecular flexibility index (Phi) is 4.76. The molecule has 30 heavy (non-hydrogen) atoms. The van der Waals surface area contributed by atoms with Crippen LogP contribution >= 0.6 is 0 Å². The fraction of sp³-hybridized carbons (Fsp3) is 0.200. The third-order valence-electron chi connectivity index (χ3n) is 4.72. The molecule has 2 aromatic carbocycles. The Morgan fingerprint density at radius 3 is 2.63 bits per heavy atom. The van der Waals surface area contributed by atoms with Crippen LogP contribution in [0.2, 0.25) is 0 Å². The average molecular weight is 419 g/mol. The lowest BCUT2D eigenvalue weighted by molar-refractivity contribution is -0.137. The maximum atomic E-state index is 13.3. The van der Waals surface area contributed by atoms with Crippen LogP contribution in [0.3, 0.4) is 0 Å². The number of carbonyl (C=O) groups is 2. The van der Waals surface area contributed by atoms with Gasteiger partial charge in [-0.1, -0.05) is 18.2 Å². The van der Waals surface area contributed by atoms with Crippen molar-refractivity contribution in [2.45, 2.75) is 19.1 Å². The molecule has 2 aliphatic heterocycles. The monoisotopic (exact) mass is 419 g/mol. The molecule has 0 bridgehead atoms. The van der Waals surface area contributed by atoms with Crippen molar-refractivity contribution < 1.29 is 32.2 Å². The number of hydrogen-bond donors (Lipinski definition) is 3. The molecular formula is C20H16F3N3O4. The Morgan fingerprint density at radius 2 is 1.87 bits per heavy atom. The molecule has 0 saturated carbocycles. The number of para-hydroxylation sites is 1. The van der Waals surface area contributed by atoms with Gasteiger partial charge >= 0.3 is 12.2 Å². The molecule has 0 saturated heterocycles. The molecule has 2 aromatic rings. The maximum absolute atomic E-state index is 13.3. The van der Waals surface area contributed by atoms with Crippen LogP contribution in [-0.4, -0.2) is 18.7 Å². The fourth-order valence-electron chi connectivity index (χ4n) is 3.37. The predicted molar refractivity (Wildman–Crippen MR) is 99.7 cm³/mol. The summed E-state index contributed by atoms with van der Waals surface area (Å²) >= 11 is 0. The van der Waals surface area contributed by atoms with Crippen LogP contribution in [0.5, 0.6) is 11.5 Å². The van der Waals surface area contributed by atoms with Gasteiger partial charge in [-0.05, 0) is 36.8 Å². The van der Waals surface area contributed by atoms with Crippen LogP contribution in [0.1, 0.15) is 24.1 Å². The first kappa shape index (κ1) is 19.6. The molecule has 4 rings (SSSR count). The van der Waals surface area contributed by atoms with Gasteiger partial charge in [0, 0.05) is 5.70 Å². The second-order valence-corrected chi connectivity index (χ2v) is 6.68. The molecule has 156 valence electrons. The minimum Gasteiger partial charge on any atom is -0.454 e. The van der Waals surface area contributed by atoms with E-state index in [4.69, 9.17) is 9.47 Å². The summed E-state index contributed by atoms with van der Waals surface area (Å²) in [4.78, 5) is 25.0. The van der Waals surface area contributed by atoms with Gasteiger partial charge in [0.15, 0.2) is 11.5 Å². The van der Waals surface area contributed by atoms with Crippen molar-refractivity contribution in [3.63, 3.8) is 0 Å². The van der Waals surface area contributed by atoms with Crippen LogP contribution in [0, 0.1) is 0 Å². The summed E-state index contributed by atoms with van der Waals surface area (Å²) in [6.45, 7) is 1.55. The third-order valence-corrected chi connectivity index (χ3v) is 4.72. The second-order valence-electron chi connectivity index (χ2n) is 6.68. The molecule has 1 atom stereocenters. The van der Waals surface area contributed by atoms with Gasteiger partial charge in [-0.2, -0.15) is 13.2 Å². The molecule has 2 aliphatic rings. The van der Waals surface area contributed by atoms with Gasteiger partial charge in [-0.15, -0.1) is 0 Å². The van der Waals surface area contributed by atoms with Crippen LogP contribution in [0.4, 0.5) is 23.7 Å². The maximum Gasteiger partial charge on any atom is 0.418 e. The molecule has 0 unspecified atom stereocenters. The summed E-state index contributed by atoms with van der Waals surface area (Å²) in [7, 11) is 0. The number of benzene rings is 2. The standard InChI is InChI=1S/C20H16F3N3O4/c1-10-16(18(27)25-13-5-3-2-4-12(13)20(21,22)23)17(26-19(28)24-10)11-6-7-14-15(8-11)30-9-29-14/h2-8,17H,9H2,1H3,(H,25,27)(H2,24,26,28)/t17-/m0/s1. The largest absolute Gasteiger partial charge is 0.454 e. The normalized spacial score (nSPS) is 18.0. The van der Waals surface area contributed by atoms with E-state index in [-0.39, 0.29) is 23.8 Å². The topological polar surface area (TPSA) is 88.7 Å². The minimum atomic E-state index is -4.64. The van der Waals surface area contributed by atoms with E-state index in [1.807, 2.05) is 0 Å². The quantitative estimate of drug-likeness (QED) is 0.708. The number of amides is 3. The minimum absolute atomic E-state index is 0.0494. The Bertz CT molecular complexity index is 1070. The van der Waals surface area contributed by atoms with Gasteiger partial charge in [-0.3, -0.25) is 4.79 Å². The molecular weight excluding hydrogens is 403 g/mol. The summed E-state index contributed by atoms with van der Waals surface area (Å²) in [5, 5.41) is 7.43. The zero-order valence-electron chi connectivity index (χ0n) is 15.6. The highest BCUT2D eigenvalue weighted by atomic mass is 19.4. The number of hydrogen-bond acceptors (Lipinski definition) is 4. The molecule has 3 N–H and O–H groups in total. The number of nitrogens with one attached hydrogen (secondary N) is 3. The number of fused-ring (bicyclic) bond motifs is 1. The summed E-state index contributed by atoms with van der Waals surface area (Å²) in [6.07, 6.45) is -4.64. The zero-order valence-corrected chi connectivity index (χ0v) is 15.6. The lowest BCUT2D eigenvalue weighted by Crippen LogP contribution is -2.46. The SMILES string of the molecule is CC1=C(C(=O)Nc2ccccc2C(F)(F)F)[C@H](c2ccc3c(c2)OCO3)NC(=O)N1. The lowest BCUT2D eigenvalue weighted by Gasteiger charge is -2.29. The van der Waals surface area contributed by atoms with E-state index in [2.05, 4.69) is 16.0 Å². The van der Waals surface area contributed by atoms with E-state index in [1.54, 1.807) is 18.2 Å². The first-order chi connectivity index (χ1) is 14.2. The molecule has 0 fully saturated rings. The molecule has 7 nitrogen and oxygen atoms in total. The van der Waals surface area contributed by atoms with Crippen molar-refractivity contribution in [1.29, 1.82) is 0 Å². The zero-order chi connectivity index (χ0) is 21.5. The van der Waals surface area contributed by atoms with Gasteiger partial charge in [0.2, 0.25) is 6.79 Å². The Labute approximate surface area is 168 Å². The number of urea groups is 1. The Morgan fingerprint density at radius 1 is 1.13 bits per heavy atom. The van der Waals surface area contributed by atoms with Crippen LogP contribution in [-0.2, 0) is 11.0 Å². The first-order valence-corrected chi connectivity index (χ1v) is 8.89. The highest BCUT2D eigenvalue weighted by molar-refractivity contribution is 6.07. The van der Waals surface area contributed by atoms with Gasteiger partial charge in [0.1, 0.15) is 0 Å². The predicted octanol–water partition coefficient (Wildman–Crippen LogP) is 3.70. The summed E-state index contributed by atoms with van der Waals surface area (Å²) < 4.78 is 50.4. The van der Waals surface area contributed by atoms with Crippen LogP contribution in [0.25, 0.3) is 0 Å². The smallest absolute Gasteiger partial charge is 0.418 e. The lowest BCUT2D eigenvalue weighted by atomic mass is 9.94. The van der Waals surface area contributed by atoms with Gasteiger partial charge in [0.05, 0.1) is 22.9 Å².